The minimum absolute atomic E-state index is 0.0227. The van der Waals surface area contributed by atoms with E-state index in [9.17, 15) is 19.2 Å². The van der Waals surface area contributed by atoms with Crippen molar-refractivity contribution in [2.45, 2.75) is 84.3 Å². The first-order valence-electron chi connectivity index (χ1n) is 9.88. The van der Waals surface area contributed by atoms with Crippen LogP contribution in [0, 0.1) is 5.92 Å². The van der Waals surface area contributed by atoms with Crippen molar-refractivity contribution in [3.8, 4) is 0 Å². The third kappa shape index (κ3) is 8.88. The van der Waals surface area contributed by atoms with Crippen molar-refractivity contribution in [2.75, 3.05) is 6.54 Å². The van der Waals surface area contributed by atoms with Gasteiger partial charge in [-0.1, -0.05) is 6.92 Å². The zero-order chi connectivity index (χ0) is 20.4. The summed E-state index contributed by atoms with van der Waals surface area (Å²) in [5.74, 6) is -1.16. The normalized spacial score (nSPS) is 26.7. The number of rotatable bonds is 2. The topological polar surface area (TPSA) is 116 Å². The van der Waals surface area contributed by atoms with E-state index in [0.29, 0.717) is 38.6 Å². The highest BCUT2D eigenvalue weighted by Gasteiger charge is 2.25. The monoisotopic (exact) mass is 382 g/mol. The largest absolute Gasteiger partial charge is 0.356 e. The zero-order valence-electron chi connectivity index (χ0n) is 16.9. The van der Waals surface area contributed by atoms with Crippen LogP contribution in [0.4, 0.5) is 0 Å². The van der Waals surface area contributed by atoms with Crippen LogP contribution >= 0.6 is 0 Å². The van der Waals surface area contributed by atoms with E-state index in [0.717, 1.165) is 6.42 Å². The predicted molar refractivity (Wildman–Crippen MR) is 103 cm³/mol. The molecule has 4 amide bonds. The van der Waals surface area contributed by atoms with E-state index in [2.05, 4.69) is 21.3 Å². The molecule has 0 aromatic heterocycles. The molecule has 1 heterocycles. The summed E-state index contributed by atoms with van der Waals surface area (Å²) >= 11 is 0. The fourth-order valence-electron chi connectivity index (χ4n) is 2.86. The Bertz CT molecular complexity index is 536. The summed E-state index contributed by atoms with van der Waals surface area (Å²) in [6.07, 6.45) is 3.47. The molecule has 8 nitrogen and oxygen atoms in total. The van der Waals surface area contributed by atoms with E-state index in [1.54, 1.807) is 13.8 Å². The summed E-state index contributed by atoms with van der Waals surface area (Å²) in [6, 6.07) is -1.43. The molecule has 1 aliphatic heterocycles. The number of carbonyl (C=O) groups excluding carboxylic acids is 4. The minimum Gasteiger partial charge on any atom is -0.356 e. The van der Waals surface area contributed by atoms with Crippen molar-refractivity contribution >= 4 is 23.6 Å². The van der Waals surface area contributed by atoms with Gasteiger partial charge in [-0.3, -0.25) is 19.2 Å². The van der Waals surface area contributed by atoms with Gasteiger partial charge in [0.2, 0.25) is 23.6 Å². The Morgan fingerprint density at radius 1 is 1.00 bits per heavy atom. The van der Waals surface area contributed by atoms with E-state index in [1.165, 1.54) is 0 Å². The molecule has 154 valence electrons. The molecule has 4 N–H and O–H groups in total. The van der Waals surface area contributed by atoms with Gasteiger partial charge in [0, 0.05) is 24.9 Å². The van der Waals surface area contributed by atoms with Gasteiger partial charge in [0.1, 0.15) is 12.1 Å². The Labute approximate surface area is 161 Å². The van der Waals surface area contributed by atoms with Crippen LogP contribution in [0.25, 0.3) is 0 Å². The lowest BCUT2D eigenvalue weighted by Gasteiger charge is -2.23. The van der Waals surface area contributed by atoms with Crippen molar-refractivity contribution in [1.82, 2.24) is 21.3 Å². The average molecular weight is 383 g/mol. The molecule has 0 aromatic rings. The van der Waals surface area contributed by atoms with Crippen LogP contribution in [0.5, 0.6) is 0 Å². The van der Waals surface area contributed by atoms with E-state index >= 15 is 0 Å². The number of nitrogens with one attached hydrogen (secondary N) is 4. The van der Waals surface area contributed by atoms with Crippen LogP contribution in [-0.2, 0) is 19.2 Å². The third-order valence-corrected chi connectivity index (χ3v) is 4.55. The molecular formula is C19H34N4O4. The van der Waals surface area contributed by atoms with Crippen molar-refractivity contribution in [1.29, 1.82) is 0 Å². The van der Waals surface area contributed by atoms with Crippen LogP contribution in [0.1, 0.15) is 66.2 Å². The lowest BCUT2D eigenvalue weighted by Crippen LogP contribution is -2.54. The first-order valence-corrected chi connectivity index (χ1v) is 9.88. The van der Waals surface area contributed by atoms with Crippen LogP contribution in [0.3, 0.4) is 0 Å². The summed E-state index contributed by atoms with van der Waals surface area (Å²) in [4.78, 5) is 48.9. The van der Waals surface area contributed by atoms with Gasteiger partial charge in [-0.2, -0.15) is 0 Å². The molecule has 1 rings (SSSR count). The molecule has 0 bridgehead atoms. The Morgan fingerprint density at radius 3 is 2.37 bits per heavy atom. The predicted octanol–water partition coefficient (Wildman–Crippen LogP) is 0.607. The van der Waals surface area contributed by atoms with Crippen molar-refractivity contribution in [3.63, 3.8) is 0 Å². The van der Waals surface area contributed by atoms with Crippen molar-refractivity contribution in [2.24, 2.45) is 5.92 Å². The molecule has 0 aromatic carbocycles. The molecule has 0 unspecified atom stereocenters. The molecule has 0 aliphatic carbocycles. The number of hydrogen-bond donors (Lipinski definition) is 4. The minimum atomic E-state index is -0.731. The molecular weight excluding hydrogens is 348 g/mol. The second-order valence-electron chi connectivity index (χ2n) is 7.59. The maximum absolute atomic E-state index is 12.4. The van der Waals surface area contributed by atoms with Gasteiger partial charge in [0.05, 0.1) is 0 Å². The Morgan fingerprint density at radius 2 is 1.70 bits per heavy atom. The second-order valence-corrected chi connectivity index (χ2v) is 7.59. The first-order chi connectivity index (χ1) is 12.7. The van der Waals surface area contributed by atoms with Gasteiger partial charge in [-0.15, -0.1) is 0 Å². The molecule has 1 fully saturated rings. The summed E-state index contributed by atoms with van der Waals surface area (Å²) < 4.78 is 0. The van der Waals surface area contributed by atoms with Gasteiger partial charge in [0.25, 0.3) is 0 Å². The first kappa shape index (κ1) is 22.9. The fourth-order valence-corrected chi connectivity index (χ4v) is 2.86. The number of carbonyl (C=O) groups is 4. The number of hydrogen-bond acceptors (Lipinski definition) is 4. The summed E-state index contributed by atoms with van der Waals surface area (Å²) in [5.41, 5.74) is 0. The van der Waals surface area contributed by atoms with Crippen LogP contribution in [0.2, 0.25) is 0 Å². The molecule has 0 radical (unpaired) electrons. The highest BCUT2D eigenvalue weighted by atomic mass is 16.2. The molecule has 1 aliphatic rings. The second kappa shape index (κ2) is 11.6. The summed E-state index contributed by atoms with van der Waals surface area (Å²) in [5, 5.41) is 11.1. The molecule has 0 spiro atoms. The standard InChI is InChI=1S/C19H34N4O4/c1-12(2)21-19(27)15-9-5-6-11-20-16(24)10-7-8-13(3)17(25)22-14(4)18(26)23-15/h12-15H,5-11H2,1-4H3,(H,20,24)(H,21,27)(H,22,25)(H,23,26)/t13-,14-,15-/m0/s1. The van der Waals surface area contributed by atoms with E-state index in [1.807, 2.05) is 13.8 Å². The lowest BCUT2D eigenvalue weighted by molar-refractivity contribution is -0.133. The van der Waals surface area contributed by atoms with E-state index in [-0.39, 0.29) is 35.6 Å². The van der Waals surface area contributed by atoms with Gasteiger partial charge >= 0.3 is 0 Å². The zero-order valence-corrected chi connectivity index (χ0v) is 16.9. The van der Waals surface area contributed by atoms with Gasteiger partial charge < -0.3 is 21.3 Å². The highest BCUT2D eigenvalue weighted by Crippen LogP contribution is 2.09. The molecule has 8 heteroatoms. The quantitative estimate of drug-likeness (QED) is 0.560. The summed E-state index contributed by atoms with van der Waals surface area (Å²) in [6.45, 7) is 7.63. The van der Waals surface area contributed by atoms with Crippen LogP contribution < -0.4 is 21.3 Å². The van der Waals surface area contributed by atoms with Crippen molar-refractivity contribution < 1.29 is 19.2 Å². The third-order valence-electron chi connectivity index (χ3n) is 4.55. The van der Waals surface area contributed by atoms with Gasteiger partial charge in [-0.25, -0.2) is 0 Å². The highest BCUT2D eigenvalue weighted by molar-refractivity contribution is 5.92. The van der Waals surface area contributed by atoms with Crippen LogP contribution in [0.15, 0.2) is 0 Å². The molecule has 0 saturated carbocycles. The van der Waals surface area contributed by atoms with Gasteiger partial charge in [0.15, 0.2) is 0 Å². The smallest absolute Gasteiger partial charge is 0.242 e. The Kier molecular flexibility index (Phi) is 9.82. The maximum Gasteiger partial charge on any atom is 0.242 e. The van der Waals surface area contributed by atoms with Gasteiger partial charge in [-0.05, 0) is 52.9 Å². The Balaban J connectivity index is 2.81. The fraction of sp³-hybridized carbons (Fsp3) is 0.789. The van der Waals surface area contributed by atoms with E-state index in [4.69, 9.17) is 0 Å². The average Bonchev–Trinajstić information content (AvgIpc) is 2.58. The van der Waals surface area contributed by atoms with Crippen molar-refractivity contribution in [3.05, 3.63) is 0 Å². The lowest BCUT2D eigenvalue weighted by atomic mass is 10.0. The maximum atomic E-state index is 12.4. The Hall–Kier alpha value is -2.12. The molecule has 27 heavy (non-hydrogen) atoms. The molecule has 3 atom stereocenters. The number of amides is 4. The van der Waals surface area contributed by atoms with E-state index < -0.39 is 12.1 Å². The van der Waals surface area contributed by atoms with Crippen LogP contribution in [-0.4, -0.2) is 48.3 Å². The SMILES string of the molecule is CC(C)NC(=O)[C@@H]1CCCCNC(=O)CCC[C@H](C)C(=O)N[C@@H](C)C(=O)N1. The summed E-state index contributed by atoms with van der Waals surface area (Å²) in [7, 11) is 0. The molecule has 1 saturated heterocycles.